The first-order chi connectivity index (χ1) is 14.2. The van der Waals surface area contributed by atoms with Gasteiger partial charge in [0.05, 0.1) is 0 Å². The zero-order chi connectivity index (χ0) is 20.1. The van der Waals surface area contributed by atoms with Gasteiger partial charge in [-0.25, -0.2) is 0 Å². The molecular formula is C28H25N. The predicted octanol–water partition coefficient (Wildman–Crippen LogP) is 7.19. The van der Waals surface area contributed by atoms with E-state index < -0.39 is 0 Å². The van der Waals surface area contributed by atoms with E-state index in [4.69, 9.17) is 5.26 Å². The van der Waals surface area contributed by atoms with Gasteiger partial charge >= 0.3 is 0 Å². The number of hydrogen-bond donors (Lipinski definition) is 0. The minimum Gasteiger partial charge on any atom is -0.183 e. The van der Waals surface area contributed by atoms with E-state index in [0.717, 1.165) is 23.0 Å². The second kappa shape index (κ2) is 8.81. The van der Waals surface area contributed by atoms with E-state index in [2.05, 4.69) is 79.4 Å². The normalized spacial score (nSPS) is 18.3. The second-order valence-corrected chi connectivity index (χ2v) is 8.10. The minimum atomic E-state index is 0.739. The Labute approximate surface area is 174 Å². The Kier molecular flexibility index (Phi) is 5.79. The summed E-state index contributed by atoms with van der Waals surface area (Å²) in [5, 5.41) is 8.55. The van der Waals surface area contributed by atoms with Crippen LogP contribution in [-0.2, 0) is 0 Å². The maximum Gasteiger partial charge on any atom is 0.152 e. The third-order valence-electron chi connectivity index (χ3n) is 6.10. The summed E-state index contributed by atoms with van der Waals surface area (Å²) in [4.78, 5) is 0. The third-order valence-corrected chi connectivity index (χ3v) is 6.10. The van der Waals surface area contributed by atoms with Crippen LogP contribution in [0.1, 0.15) is 49.7 Å². The lowest BCUT2D eigenvalue weighted by Crippen LogP contribution is -2.10. The van der Waals surface area contributed by atoms with E-state index in [1.54, 1.807) is 0 Å². The van der Waals surface area contributed by atoms with Crippen LogP contribution < -0.4 is 0 Å². The van der Waals surface area contributed by atoms with Crippen LogP contribution in [0.5, 0.6) is 0 Å². The molecule has 3 aromatic rings. The van der Waals surface area contributed by atoms with Crippen molar-refractivity contribution in [3.63, 3.8) is 0 Å². The van der Waals surface area contributed by atoms with Gasteiger partial charge < -0.3 is 0 Å². The Balaban J connectivity index is 1.47. The maximum atomic E-state index is 8.55. The van der Waals surface area contributed by atoms with Gasteiger partial charge in [-0.1, -0.05) is 86.3 Å². The molecule has 0 radical (unpaired) electrons. The lowest BCUT2D eigenvalue weighted by atomic mass is 9.79. The van der Waals surface area contributed by atoms with Crippen LogP contribution in [0.15, 0.2) is 72.8 Å². The Hall–Kier alpha value is -3.29. The van der Waals surface area contributed by atoms with Crippen LogP contribution in [0.4, 0.5) is 0 Å². The highest BCUT2D eigenvalue weighted by Gasteiger charge is 2.19. The fourth-order valence-electron chi connectivity index (χ4n) is 4.24. The molecule has 0 aliphatic heterocycles. The molecule has 0 spiro atoms. The van der Waals surface area contributed by atoms with Gasteiger partial charge in [-0.2, -0.15) is 5.26 Å². The van der Waals surface area contributed by atoms with Gasteiger partial charge in [0.1, 0.15) is 0 Å². The summed E-state index contributed by atoms with van der Waals surface area (Å²) in [6.07, 6.45) is 5.38. The molecule has 1 fully saturated rings. The Morgan fingerprint density at radius 2 is 1.10 bits per heavy atom. The third kappa shape index (κ3) is 4.59. The van der Waals surface area contributed by atoms with Crippen molar-refractivity contribution in [1.82, 2.24) is 0 Å². The van der Waals surface area contributed by atoms with Crippen LogP contribution in [-0.4, -0.2) is 0 Å². The summed E-state index contributed by atoms with van der Waals surface area (Å²) in [5.74, 6) is 6.89. The Morgan fingerprint density at radius 3 is 1.59 bits per heavy atom. The monoisotopic (exact) mass is 375 g/mol. The smallest absolute Gasteiger partial charge is 0.152 e. The van der Waals surface area contributed by atoms with Crippen LogP contribution in [0.2, 0.25) is 0 Å². The molecule has 0 N–H and O–H groups in total. The fraction of sp³-hybridized carbons (Fsp3) is 0.250. The SMILES string of the molecule is CC1CCC(c2ccc(-c3ccc(-c4ccc(C#CC#N)cc4)cc3)cc2)CC1. The molecule has 1 aliphatic rings. The highest BCUT2D eigenvalue weighted by Crippen LogP contribution is 2.36. The van der Waals surface area contributed by atoms with Crippen molar-refractivity contribution in [3.8, 4) is 40.2 Å². The second-order valence-electron chi connectivity index (χ2n) is 8.10. The molecule has 3 aromatic carbocycles. The fourth-order valence-corrected chi connectivity index (χ4v) is 4.24. The molecule has 1 nitrogen and oxygen atoms in total. The van der Waals surface area contributed by atoms with E-state index in [-0.39, 0.29) is 0 Å². The molecule has 0 aromatic heterocycles. The molecule has 0 heterocycles. The summed E-state index contributed by atoms with van der Waals surface area (Å²) in [6, 6.07) is 27.8. The van der Waals surface area contributed by atoms with Crippen LogP contribution >= 0.6 is 0 Å². The predicted molar refractivity (Wildman–Crippen MR) is 120 cm³/mol. The average Bonchev–Trinajstić information content (AvgIpc) is 2.79. The van der Waals surface area contributed by atoms with Crippen LogP contribution in [0, 0.1) is 29.1 Å². The summed E-state index contributed by atoms with van der Waals surface area (Å²) in [6.45, 7) is 2.38. The molecule has 1 saturated carbocycles. The molecule has 29 heavy (non-hydrogen) atoms. The zero-order valence-electron chi connectivity index (χ0n) is 16.9. The average molecular weight is 376 g/mol. The molecule has 0 saturated heterocycles. The molecule has 0 unspecified atom stereocenters. The first-order valence-corrected chi connectivity index (χ1v) is 10.4. The van der Waals surface area contributed by atoms with Gasteiger partial charge in [0, 0.05) is 11.5 Å². The van der Waals surface area contributed by atoms with Crippen molar-refractivity contribution in [3.05, 3.63) is 83.9 Å². The van der Waals surface area contributed by atoms with Gasteiger partial charge in [0.25, 0.3) is 0 Å². The first-order valence-electron chi connectivity index (χ1n) is 10.4. The quantitative estimate of drug-likeness (QED) is 0.444. The molecule has 0 atom stereocenters. The summed E-state index contributed by atoms with van der Waals surface area (Å²) in [5.41, 5.74) is 7.21. The first kappa shape index (κ1) is 19.0. The molecule has 0 bridgehead atoms. The van der Waals surface area contributed by atoms with Crippen molar-refractivity contribution < 1.29 is 0 Å². The van der Waals surface area contributed by atoms with Gasteiger partial charge in [0.15, 0.2) is 6.07 Å². The topological polar surface area (TPSA) is 23.8 Å². The Bertz CT molecular complexity index is 1050. The van der Waals surface area contributed by atoms with Crippen LogP contribution in [0.25, 0.3) is 22.3 Å². The number of rotatable bonds is 3. The van der Waals surface area contributed by atoms with Gasteiger partial charge in [-0.3, -0.25) is 0 Å². The molecule has 1 aliphatic carbocycles. The summed E-state index contributed by atoms with van der Waals surface area (Å²) in [7, 11) is 0. The molecule has 1 heteroatoms. The number of nitrogens with zero attached hydrogens (tertiary/aromatic N) is 1. The molecule has 0 amide bonds. The number of nitriles is 1. The van der Waals surface area contributed by atoms with Gasteiger partial charge in [-0.15, -0.1) is 0 Å². The highest BCUT2D eigenvalue weighted by molar-refractivity contribution is 5.71. The lowest BCUT2D eigenvalue weighted by Gasteiger charge is -2.26. The molecular weight excluding hydrogens is 350 g/mol. The van der Waals surface area contributed by atoms with Crippen molar-refractivity contribution in [2.75, 3.05) is 0 Å². The van der Waals surface area contributed by atoms with E-state index in [1.165, 1.54) is 47.9 Å². The Morgan fingerprint density at radius 1 is 0.655 bits per heavy atom. The minimum absolute atomic E-state index is 0.739. The van der Waals surface area contributed by atoms with Crippen molar-refractivity contribution in [1.29, 1.82) is 5.26 Å². The van der Waals surface area contributed by atoms with E-state index >= 15 is 0 Å². The summed E-state index contributed by atoms with van der Waals surface area (Å²) >= 11 is 0. The number of hydrogen-bond acceptors (Lipinski definition) is 1. The maximum absolute atomic E-state index is 8.55. The number of benzene rings is 3. The van der Waals surface area contributed by atoms with Crippen molar-refractivity contribution in [2.45, 2.75) is 38.5 Å². The van der Waals surface area contributed by atoms with Crippen molar-refractivity contribution >= 4 is 0 Å². The zero-order valence-corrected chi connectivity index (χ0v) is 16.9. The molecule has 142 valence electrons. The van der Waals surface area contributed by atoms with Gasteiger partial charge in [0.2, 0.25) is 0 Å². The van der Waals surface area contributed by atoms with Gasteiger partial charge in [-0.05, 0) is 64.6 Å². The lowest BCUT2D eigenvalue weighted by molar-refractivity contribution is 0.348. The summed E-state index contributed by atoms with van der Waals surface area (Å²) < 4.78 is 0. The van der Waals surface area contributed by atoms with E-state index in [0.29, 0.717) is 0 Å². The highest BCUT2D eigenvalue weighted by atomic mass is 14.2. The van der Waals surface area contributed by atoms with E-state index in [1.807, 2.05) is 18.2 Å². The largest absolute Gasteiger partial charge is 0.183 e. The molecule has 4 rings (SSSR count). The van der Waals surface area contributed by atoms with E-state index in [9.17, 15) is 0 Å². The standard InChI is InChI=1S/C28H25N/c1-21-4-8-23(9-5-21)25-12-16-27(17-13-25)28-18-14-26(15-19-28)24-10-6-22(7-11-24)3-2-20-29/h6-7,10-19,21,23H,4-5,8-9H2,1H3. The van der Waals surface area contributed by atoms with Crippen molar-refractivity contribution in [2.24, 2.45) is 5.92 Å². The van der Waals surface area contributed by atoms with Crippen LogP contribution in [0.3, 0.4) is 0 Å².